The molecule has 6 nitrogen and oxygen atoms in total. The SMILES string of the molecule is Cc1c(Nc2c3nc(CNCCO)ccc3nn2C)cccc1-c1ccccc1. The van der Waals surface area contributed by atoms with Crippen LogP contribution in [-0.4, -0.2) is 33.0 Å². The number of aliphatic hydroxyl groups excluding tert-OH is 1. The van der Waals surface area contributed by atoms with E-state index in [0.717, 1.165) is 28.2 Å². The second-order valence-corrected chi connectivity index (χ2v) is 7.01. The average molecular weight is 387 g/mol. The molecule has 0 aliphatic heterocycles. The smallest absolute Gasteiger partial charge is 0.155 e. The molecule has 0 saturated carbocycles. The van der Waals surface area contributed by atoms with Gasteiger partial charge in [0.15, 0.2) is 5.82 Å². The van der Waals surface area contributed by atoms with Crippen molar-refractivity contribution >= 4 is 22.5 Å². The summed E-state index contributed by atoms with van der Waals surface area (Å²) in [5.41, 5.74) is 7.19. The van der Waals surface area contributed by atoms with Crippen molar-refractivity contribution in [3.8, 4) is 11.1 Å². The van der Waals surface area contributed by atoms with E-state index in [1.54, 1.807) is 0 Å². The molecule has 0 bridgehead atoms. The Balaban J connectivity index is 1.69. The predicted molar refractivity (Wildman–Crippen MR) is 117 cm³/mol. The van der Waals surface area contributed by atoms with Gasteiger partial charge >= 0.3 is 0 Å². The molecule has 4 aromatic rings. The highest BCUT2D eigenvalue weighted by atomic mass is 16.3. The monoisotopic (exact) mass is 387 g/mol. The fourth-order valence-corrected chi connectivity index (χ4v) is 3.48. The van der Waals surface area contributed by atoms with Crippen LogP contribution in [0.2, 0.25) is 0 Å². The number of nitrogens with one attached hydrogen (secondary N) is 2. The zero-order valence-electron chi connectivity index (χ0n) is 16.7. The van der Waals surface area contributed by atoms with Crippen molar-refractivity contribution < 1.29 is 5.11 Å². The van der Waals surface area contributed by atoms with Crippen LogP contribution in [-0.2, 0) is 13.6 Å². The quantitative estimate of drug-likeness (QED) is 0.421. The van der Waals surface area contributed by atoms with Crippen molar-refractivity contribution in [2.75, 3.05) is 18.5 Å². The molecule has 2 aromatic carbocycles. The van der Waals surface area contributed by atoms with E-state index in [1.165, 1.54) is 16.7 Å². The van der Waals surface area contributed by atoms with Crippen molar-refractivity contribution in [3.05, 3.63) is 71.9 Å². The number of rotatable bonds is 7. The van der Waals surface area contributed by atoms with Gasteiger partial charge in [-0.1, -0.05) is 42.5 Å². The summed E-state index contributed by atoms with van der Waals surface area (Å²) in [6.45, 7) is 3.39. The molecule has 0 atom stereocenters. The van der Waals surface area contributed by atoms with Gasteiger partial charge in [0.2, 0.25) is 0 Å². The van der Waals surface area contributed by atoms with Crippen molar-refractivity contribution in [1.29, 1.82) is 0 Å². The van der Waals surface area contributed by atoms with E-state index in [0.29, 0.717) is 13.1 Å². The summed E-state index contributed by atoms with van der Waals surface area (Å²) >= 11 is 0. The van der Waals surface area contributed by atoms with Crippen LogP contribution in [0, 0.1) is 6.92 Å². The standard InChI is InChI=1S/C23H25N5O/c1-16-19(17-7-4-3-5-8-17)9-6-10-20(16)26-23-22-21(27-28(23)2)12-11-18(25-22)15-24-13-14-29/h3-12,24,26,29H,13-15H2,1-2H3. The Labute approximate surface area is 170 Å². The van der Waals surface area contributed by atoms with Gasteiger partial charge in [0, 0.05) is 25.8 Å². The van der Waals surface area contributed by atoms with Gasteiger partial charge in [0.05, 0.1) is 12.3 Å². The number of aryl methyl sites for hydroxylation is 1. The summed E-state index contributed by atoms with van der Waals surface area (Å²) < 4.78 is 1.83. The van der Waals surface area contributed by atoms with Crippen LogP contribution in [0.4, 0.5) is 11.5 Å². The molecule has 2 aromatic heterocycles. The van der Waals surface area contributed by atoms with Gasteiger partial charge in [-0.25, -0.2) is 4.98 Å². The van der Waals surface area contributed by atoms with Gasteiger partial charge in [-0.15, -0.1) is 0 Å². The van der Waals surface area contributed by atoms with Crippen molar-refractivity contribution in [3.63, 3.8) is 0 Å². The molecule has 0 unspecified atom stereocenters. The van der Waals surface area contributed by atoms with E-state index >= 15 is 0 Å². The molecule has 0 amide bonds. The zero-order chi connectivity index (χ0) is 20.2. The molecule has 148 valence electrons. The molecule has 3 N–H and O–H groups in total. The van der Waals surface area contributed by atoms with Gasteiger partial charge in [-0.05, 0) is 41.8 Å². The molecular weight excluding hydrogens is 362 g/mol. The molecule has 0 aliphatic rings. The van der Waals surface area contributed by atoms with Crippen LogP contribution in [0.1, 0.15) is 11.3 Å². The lowest BCUT2D eigenvalue weighted by atomic mass is 9.99. The number of pyridine rings is 1. The average Bonchev–Trinajstić information content (AvgIpc) is 3.05. The fraction of sp³-hybridized carbons (Fsp3) is 0.217. The lowest BCUT2D eigenvalue weighted by molar-refractivity contribution is 0.291. The summed E-state index contributed by atoms with van der Waals surface area (Å²) in [6, 6.07) is 20.6. The first kappa shape index (κ1) is 19.1. The second kappa shape index (κ2) is 8.43. The fourth-order valence-electron chi connectivity index (χ4n) is 3.48. The highest BCUT2D eigenvalue weighted by Crippen LogP contribution is 2.32. The Morgan fingerprint density at radius 2 is 1.83 bits per heavy atom. The number of nitrogens with zero attached hydrogens (tertiary/aromatic N) is 3. The molecule has 0 radical (unpaired) electrons. The number of hydrogen-bond acceptors (Lipinski definition) is 5. The number of fused-ring (bicyclic) bond motifs is 1. The minimum absolute atomic E-state index is 0.110. The van der Waals surface area contributed by atoms with E-state index in [2.05, 4.69) is 65.1 Å². The third kappa shape index (κ3) is 3.99. The van der Waals surface area contributed by atoms with Gasteiger partial charge in [0.1, 0.15) is 11.0 Å². The van der Waals surface area contributed by atoms with Crippen molar-refractivity contribution in [1.82, 2.24) is 20.1 Å². The maximum atomic E-state index is 8.95. The minimum atomic E-state index is 0.110. The maximum Gasteiger partial charge on any atom is 0.155 e. The summed E-state index contributed by atoms with van der Waals surface area (Å²) in [6.07, 6.45) is 0. The Kier molecular flexibility index (Phi) is 5.55. The van der Waals surface area contributed by atoms with E-state index in [-0.39, 0.29) is 6.61 Å². The van der Waals surface area contributed by atoms with Crippen LogP contribution in [0.25, 0.3) is 22.2 Å². The number of benzene rings is 2. The molecule has 0 spiro atoms. The third-order valence-corrected chi connectivity index (χ3v) is 5.00. The number of aromatic nitrogens is 3. The van der Waals surface area contributed by atoms with E-state index in [1.807, 2.05) is 29.9 Å². The van der Waals surface area contributed by atoms with E-state index < -0.39 is 0 Å². The van der Waals surface area contributed by atoms with Crippen LogP contribution in [0.5, 0.6) is 0 Å². The summed E-state index contributed by atoms with van der Waals surface area (Å²) in [5.74, 6) is 0.859. The van der Waals surface area contributed by atoms with E-state index in [4.69, 9.17) is 10.1 Å². The first-order valence-corrected chi connectivity index (χ1v) is 9.73. The van der Waals surface area contributed by atoms with Crippen molar-refractivity contribution in [2.24, 2.45) is 7.05 Å². The normalized spacial score (nSPS) is 11.1. The number of anilines is 2. The van der Waals surface area contributed by atoms with Gasteiger partial charge in [-0.2, -0.15) is 5.10 Å². The number of aliphatic hydroxyl groups is 1. The largest absolute Gasteiger partial charge is 0.395 e. The Hall–Kier alpha value is -3.22. The minimum Gasteiger partial charge on any atom is -0.395 e. The first-order chi connectivity index (χ1) is 14.2. The van der Waals surface area contributed by atoms with Gasteiger partial charge in [-0.3, -0.25) is 4.68 Å². The van der Waals surface area contributed by atoms with Crippen LogP contribution in [0.15, 0.2) is 60.7 Å². The zero-order valence-corrected chi connectivity index (χ0v) is 16.7. The molecule has 0 saturated heterocycles. The molecule has 29 heavy (non-hydrogen) atoms. The Morgan fingerprint density at radius 3 is 2.62 bits per heavy atom. The Bertz CT molecular complexity index is 1120. The third-order valence-electron chi connectivity index (χ3n) is 5.00. The topological polar surface area (TPSA) is 75.0 Å². The summed E-state index contributed by atoms with van der Waals surface area (Å²) in [4.78, 5) is 4.78. The van der Waals surface area contributed by atoms with Crippen LogP contribution in [0.3, 0.4) is 0 Å². The molecule has 6 heteroatoms. The van der Waals surface area contributed by atoms with Gasteiger partial charge in [0.25, 0.3) is 0 Å². The van der Waals surface area contributed by atoms with Crippen LogP contribution < -0.4 is 10.6 Å². The highest BCUT2D eigenvalue weighted by Gasteiger charge is 2.14. The summed E-state index contributed by atoms with van der Waals surface area (Å²) in [7, 11) is 1.92. The first-order valence-electron chi connectivity index (χ1n) is 9.73. The maximum absolute atomic E-state index is 8.95. The van der Waals surface area contributed by atoms with E-state index in [9.17, 15) is 0 Å². The lowest BCUT2D eigenvalue weighted by Crippen LogP contribution is -2.18. The van der Waals surface area contributed by atoms with Crippen molar-refractivity contribution in [2.45, 2.75) is 13.5 Å². The molecule has 0 fully saturated rings. The highest BCUT2D eigenvalue weighted by molar-refractivity contribution is 5.89. The van der Waals surface area contributed by atoms with Crippen LogP contribution >= 0.6 is 0 Å². The molecule has 0 aliphatic carbocycles. The molecule has 4 rings (SSSR count). The number of hydrogen-bond donors (Lipinski definition) is 3. The van der Waals surface area contributed by atoms with Gasteiger partial charge < -0.3 is 15.7 Å². The predicted octanol–water partition coefficient (Wildman–Crippen LogP) is 3.77. The Morgan fingerprint density at radius 1 is 1.00 bits per heavy atom. The lowest BCUT2D eigenvalue weighted by Gasteiger charge is -2.14. The second-order valence-electron chi connectivity index (χ2n) is 7.01. The summed E-state index contributed by atoms with van der Waals surface area (Å²) in [5, 5.41) is 20.3. The molecule has 2 heterocycles. The molecular formula is C23H25N5O.